The van der Waals surface area contributed by atoms with E-state index in [-0.39, 0.29) is 37.0 Å². The second-order valence-corrected chi connectivity index (χ2v) is 13.1. The summed E-state index contributed by atoms with van der Waals surface area (Å²) in [4.78, 5) is 31.6. The van der Waals surface area contributed by atoms with Gasteiger partial charge in [0.25, 0.3) is 0 Å². The number of aryl methyl sites for hydroxylation is 2. The molecule has 3 aromatic carbocycles. The molecule has 3 aliphatic heterocycles. The van der Waals surface area contributed by atoms with Gasteiger partial charge in [-0.3, -0.25) is 14.5 Å². The number of nitrogens with zero attached hydrogens (tertiary/aromatic N) is 2. The number of aliphatic carboxylic acids is 1. The minimum atomic E-state index is -0.870. The summed E-state index contributed by atoms with van der Waals surface area (Å²) in [5.74, 6) is -0.0566. The highest BCUT2D eigenvalue weighted by atomic mass is 19.1. The Kier molecular flexibility index (Phi) is 10.0. The molecule has 0 aromatic heterocycles. The fraction of sp³-hybridized carbons (Fsp3) is 0.474. The van der Waals surface area contributed by atoms with Gasteiger partial charge < -0.3 is 24.2 Å². The standard InChI is InChI=1S/C38H45FN2O6/c1-4-7-28(8-5-2)41(29-13-14-31(39)24(3)19-29)35(42)22-40-21-30(26-12-16-33-27(20-26)17-18-45-33)36(38(43)44)32(40)15-11-25-9-6-10-34-37(25)47-23-46-34/h6,9-10,12-14,16,19-20,28,30,32,36H,4-5,7-8,11,15,17-18,21-23H2,1-3H3,(H,43,44)/t30-,32+,36-/m1/s1. The maximum absolute atomic E-state index is 14.5. The van der Waals surface area contributed by atoms with Crippen LogP contribution in [0.5, 0.6) is 17.2 Å². The quantitative estimate of drug-likeness (QED) is 0.217. The Bertz CT molecular complexity index is 1600. The highest BCUT2D eigenvalue weighted by Gasteiger charge is 2.47. The zero-order valence-electron chi connectivity index (χ0n) is 27.5. The molecule has 47 heavy (non-hydrogen) atoms. The van der Waals surface area contributed by atoms with E-state index in [0.717, 1.165) is 54.5 Å². The van der Waals surface area contributed by atoms with Crippen LogP contribution in [0.15, 0.2) is 54.6 Å². The average molecular weight is 645 g/mol. The molecule has 0 unspecified atom stereocenters. The first-order valence-electron chi connectivity index (χ1n) is 17.0. The number of carbonyl (C=O) groups excluding carboxylic acids is 1. The van der Waals surface area contributed by atoms with Crippen LogP contribution < -0.4 is 19.1 Å². The molecular weight excluding hydrogens is 599 g/mol. The summed E-state index contributed by atoms with van der Waals surface area (Å²) in [5.41, 5.74) is 4.18. The maximum atomic E-state index is 14.5. The van der Waals surface area contributed by atoms with Crippen LogP contribution in [0.25, 0.3) is 0 Å². The van der Waals surface area contributed by atoms with E-state index in [2.05, 4.69) is 24.8 Å². The number of para-hydroxylation sites is 1. The Morgan fingerprint density at radius 2 is 1.83 bits per heavy atom. The van der Waals surface area contributed by atoms with Crippen molar-refractivity contribution >= 4 is 17.6 Å². The van der Waals surface area contributed by atoms with Crippen LogP contribution in [-0.2, 0) is 22.4 Å². The fourth-order valence-corrected chi connectivity index (χ4v) is 7.77. The van der Waals surface area contributed by atoms with Crippen molar-refractivity contribution in [3.8, 4) is 17.2 Å². The van der Waals surface area contributed by atoms with Gasteiger partial charge in [0, 0.05) is 36.7 Å². The summed E-state index contributed by atoms with van der Waals surface area (Å²) in [5, 5.41) is 10.8. The van der Waals surface area contributed by atoms with Gasteiger partial charge in [0.15, 0.2) is 11.5 Å². The van der Waals surface area contributed by atoms with E-state index in [1.165, 1.54) is 6.07 Å². The van der Waals surface area contributed by atoms with Crippen molar-refractivity contribution < 1.29 is 33.3 Å². The monoisotopic (exact) mass is 644 g/mol. The predicted octanol–water partition coefficient (Wildman–Crippen LogP) is 6.90. The van der Waals surface area contributed by atoms with E-state index in [0.29, 0.717) is 48.7 Å². The van der Waals surface area contributed by atoms with Crippen molar-refractivity contribution in [2.75, 3.05) is 31.4 Å². The van der Waals surface area contributed by atoms with Gasteiger partial charge in [-0.1, -0.05) is 51.0 Å². The maximum Gasteiger partial charge on any atom is 0.308 e. The van der Waals surface area contributed by atoms with Crippen LogP contribution in [0.2, 0.25) is 0 Å². The number of hydrogen-bond donors (Lipinski definition) is 1. The van der Waals surface area contributed by atoms with Crippen LogP contribution in [0.4, 0.5) is 10.1 Å². The van der Waals surface area contributed by atoms with E-state index in [1.807, 2.05) is 35.2 Å². The first-order valence-corrected chi connectivity index (χ1v) is 17.0. The van der Waals surface area contributed by atoms with Gasteiger partial charge in [0.2, 0.25) is 12.7 Å². The molecule has 0 radical (unpaired) electrons. The summed E-state index contributed by atoms with van der Waals surface area (Å²) in [6.07, 6.45) is 5.33. The van der Waals surface area contributed by atoms with Crippen LogP contribution in [-0.4, -0.2) is 60.5 Å². The second kappa shape index (κ2) is 14.3. The lowest BCUT2D eigenvalue weighted by Crippen LogP contribution is -2.48. The zero-order valence-corrected chi connectivity index (χ0v) is 27.5. The molecule has 3 atom stereocenters. The number of halogens is 1. The van der Waals surface area contributed by atoms with Gasteiger partial charge >= 0.3 is 5.97 Å². The van der Waals surface area contributed by atoms with Gasteiger partial charge in [0.1, 0.15) is 11.6 Å². The number of rotatable bonds is 13. The van der Waals surface area contributed by atoms with E-state index in [1.54, 1.807) is 19.1 Å². The summed E-state index contributed by atoms with van der Waals surface area (Å²) in [6.45, 7) is 7.21. The number of amides is 1. The van der Waals surface area contributed by atoms with E-state index < -0.39 is 17.9 Å². The zero-order chi connectivity index (χ0) is 33.1. The largest absolute Gasteiger partial charge is 0.493 e. The Hall–Kier alpha value is -4.11. The van der Waals surface area contributed by atoms with Gasteiger partial charge in [-0.15, -0.1) is 0 Å². The van der Waals surface area contributed by atoms with E-state index >= 15 is 0 Å². The molecule has 1 saturated heterocycles. The van der Waals surface area contributed by atoms with E-state index in [4.69, 9.17) is 14.2 Å². The molecule has 3 aliphatic rings. The van der Waals surface area contributed by atoms with Crippen molar-refractivity contribution in [3.63, 3.8) is 0 Å². The molecule has 0 bridgehead atoms. The third-order valence-electron chi connectivity index (χ3n) is 10.00. The van der Waals surface area contributed by atoms with Crippen molar-refractivity contribution in [1.29, 1.82) is 0 Å². The molecule has 0 spiro atoms. The van der Waals surface area contributed by atoms with Gasteiger partial charge in [-0.25, -0.2) is 4.39 Å². The number of carboxylic acids is 1. The number of ether oxygens (including phenoxy) is 3. The molecule has 1 fully saturated rings. The molecule has 3 aromatic rings. The summed E-state index contributed by atoms with van der Waals surface area (Å²) in [6, 6.07) is 16.2. The van der Waals surface area contributed by atoms with E-state index in [9.17, 15) is 19.1 Å². The third kappa shape index (κ3) is 6.82. The highest BCUT2D eigenvalue weighted by molar-refractivity contribution is 5.95. The van der Waals surface area contributed by atoms with Crippen LogP contribution in [0.3, 0.4) is 0 Å². The number of carbonyl (C=O) groups is 2. The number of benzene rings is 3. The third-order valence-corrected chi connectivity index (χ3v) is 10.00. The number of carboxylic acid groups (broad SMARTS) is 1. The minimum Gasteiger partial charge on any atom is -0.493 e. The second-order valence-electron chi connectivity index (χ2n) is 13.1. The lowest BCUT2D eigenvalue weighted by atomic mass is 9.83. The highest BCUT2D eigenvalue weighted by Crippen LogP contribution is 2.43. The summed E-state index contributed by atoms with van der Waals surface area (Å²) < 4.78 is 31.4. The molecule has 9 heteroatoms. The molecular formula is C38H45FN2O6. The molecule has 3 heterocycles. The van der Waals surface area contributed by atoms with Gasteiger partial charge in [-0.2, -0.15) is 0 Å². The topological polar surface area (TPSA) is 88.5 Å². The van der Waals surface area contributed by atoms with Crippen molar-refractivity contribution in [2.45, 2.75) is 83.7 Å². The van der Waals surface area contributed by atoms with Crippen LogP contribution >= 0.6 is 0 Å². The average Bonchev–Trinajstić information content (AvgIpc) is 3.80. The molecule has 1 amide bonds. The Morgan fingerprint density at radius 1 is 1.02 bits per heavy atom. The van der Waals surface area contributed by atoms with Gasteiger partial charge in [0.05, 0.1) is 19.1 Å². The summed E-state index contributed by atoms with van der Waals surface area (Å²) >= 11 is 0. The Balaban J connectivity index is 1.34. The number of hydrogen-bond acceptors (Lipinski definition) is 6. The molecule has 6 rings (SSSR count). The van der Waals surface area contributed by atoms with Crippen molar-refractivity contribution in [2.24, 2.45) is 5.92 Å². The SMILES string of the molecule is CCCC(CCC)N(C(=O)CN1C[C@H](c2ccc3c(c2)CCO3)[C@@H](C(=O)O)[C@@H]1CCc1cccc2c1OCO2)c1ccc(F)c(C)c1. The normalized spacial score (nSPS) is 20.0. The van der Waals surface area contributed by atoms with Crippen LogP contribution in [0, 0.1) is 18.7 Å². The molecule has 8 nitrogen and oxygen atoms in total. The first-order chi connectivity index (χ1) is 22.8. The molecule has 250 valence electrons. The molecule has 0 saturated carbocycles. The Morgan fingerprint density at radius 3 is 2.57 bits per heavy atom. The van der Waals surface area contributed by atoms with Crippen molar-refractivity contribution in [1.82, 2.24) is 4.90 Å². The summed E-state index contributed by atoms with van der Waals surface area (Å²) in [7, 11) is 0. The number of anilines is 1. The lowest BCUT2D eigenvalue weighted by molar-refractivity contribution is -0.143. The van der Waals surface area contributed by atoms with Gasteiger partial charge in [-0.05, 0) is 85.2 Å². The smallest absolute Gasteiger partial charge is 0.308 e. The van der Waals surface area contributed by atoms with Crippen LogP contribution in [0.1, 0.15) is 74.1 Å². The number of likely N-dealkylation sites (tertiary alicyclic amines) is 1. The fourth-order valence-electron chi connectivity index (χ4n) is 7.77. The molecule has 0 aliphatic carbocycles. The molecule has 1 N–H and O–H groups in total. The minimum absolute atomic E-state index is 0.0461. The Labute approximate surface area is 276 Å². The lowest BCUT2D eigenvalue weighted by Gasteiger charge is -2.35. The predicted molar refractivity (Wildman–Crippen MR) is 178 cm³/mol. The van der Waals surface area contributed by atoms with Crippen molar-refractivity contribution in [3.05, 3.63) is 82.7 Å². The number of fused-ring (bicyclic) bond motifs is 2. The first kappa shape index (κ1) is 32.8.